The van der Waals surface area contributed by atoms with Gasteiger partial charge in [0.2, 0.25) is 5.89 Å². The molecule has 1 saturated heterocycles. The van der Waals surface area contributed by atoms with Crippen molar-refractivity contribution in [1.29, 1.82) is 0 Å². The molecule has 4 rings (SSSR count). The molecule has 7 nitrogen and oxygen atoms in total. The number of carbonyl (C=O) groups is 1. The van der Waals surface area contributed by atoms with Gasteiger partial charge in [0.05, 0.1) is 18.2 Å². The summed E-state index contributed by atoms with van der Waals surface area (Å²) in [6.07, 6.45) is 3.24. The van der Waals surface area contributed by atoms with Crippen molar-refractivity contribution in [1.82, 2.24) is 20.0 Å². The van der Waals surface area contributed by atoms with Crippen molar-refractivity contribution in [3.63, 3.8) is 0 Å². The Kier molecular flexibility index (Phi) is 6.38. The normalized spacial score (nSPS) is 15.2. The van der Waals surface area contributed by atoms with E-state index in [4.69, 9.17) is 9.26 Å². The third kappa shape index (κ3) is 5.02. The highest BCUT2D eigenvalue weighted by Gasteiger charge is 2.25. The van der Waals surface area contributed by atoms with E-state index in [0.717, 1.165) is 30.2 Å². The van der Waals surface area contributed by atoms with Crippen LogP contribution in [0.3, 0.4) is 0 Å². The number of fused-ring (bicyclic) bond motifs is 1. The second-order valence-electron chi connectivity index (χ2n) is 8.20. The van der Waals surface area contributed by atoms with Gasteiger partial charge < -0.3 is 14.2 Å². The van der Waals surface area contributed by atoms with Crippen LogP contribution in [0.15, 0.2) is 40.9 Å². The molecule has 30 heavy (non-hydrogen) atoms. The Labute approximate surface area is 176 Å². The molecule has 0 bridgehead atoms. The van der Waals surface area contributed by atoms with E-state index in [9.17, 15) is 4.79 Å². The predicted octanol–water partition coefficient (Wildman–Crippen LogP) is 3.68. The summed E-state index contributed by atoms with van der Waals surface area (Å²) >= 11 is 0. The van der Waals surface area contributed by atoms with E-state index in [1.54, 1.807) is 0 Å². The Balaban J connectivity index is 1.23. The minimum absolute atomic E-state index is 0.0105. The number of carbonyl (C=O) groups excluding carboxylic acids is 1. The number of piperidine rings is 1. The van der Waals surface area contributed by atoms with Crippen molar-refractivity contribution in [3.05, 3.63) is 53.8 Å². The zero-order valence-electron chi connectivity index (χ0n) is 17.6. The summed E-state index contributed by atoms with van der Waals surface area (Å²) in [5.41, 5.74) is 1.35. The molecular weight excluding hydrogens is 380 g/mol. The summed E-state index contributed by atoms with van der Waals surface area (Å²) in [5, 5.41) is 5.06. The number of aromatic nitrogens is 3. The maximum atomic E-state index is 12.8. The fourth-order valence-corrected chi connectivity index (χ4v) is 3.71. The van der Waals surface area contributed by atoms with Crippen molar-refractivity contribution < 1.29 is 14.1 Å². The van der Waals surface area contributed by atoms with Gasteiger partial charge in [-0.3, -0.25) is 4.79 Å². The highest BCUT2D eigenvalue weighted by Crippen LogP contribution is 2.18. The molecule has 1 aliphatic rings. The van der Waals surface area contributed by atoms with Gasteiger partial charge in [-0.2, -0.15) is 4.98 Å². The minimum atomic E-state index is -0.0105. The molecule has 0 N–H and O–H groups in total. The monoisotopic (exact) mass is 408 g/mol. The van der Waals surface area contributed by atoms with Crippen LogP contribution in [0.4, 0.5) is 0 Å². The summed E-state index contributed by atoms with van der Waals surface area (Å²) in [5.74, 6) is 1.87. The summed E-state index contributed by atoms with van der Waals surface area (Å²) in [7, 11) is 0. The second kappa shape index (κ2) is 9.34. The lowest BCUT2D eigenvalue weighted by molar-refractivity contribution is 0.00932. The average Bonchev–Trinajstić information content (AvgIpc) is 3.20. The Morgan fingerprint density at radius 2 is 1.97 bits per heavy atom. The Bertz CT molecular complexity index is 993. The fourth-order valence-electron chi connectivity index (χ4n) is 3.71. The van der Waals surface area contributed by atoms with E-state index in [-0.39, 0.29) is 12.0 Å². The van der Waals surface area contributed by atoms with E-state index >= 15 is 0 Å². The molecule has 158 valence electrons. The first-order valence-corrected chi connectivity index (χ1v) is 10.7. The van der Waals surface area contributed by atoms with E-state index in [2.05, 4.69) is 29.0 Å². The number of pyridine rings is 1. The number of benzene rings is 1. The van der Waals surface area contributed by atoms with E-state index in [0.29, 0.717) is 49.4 Å². The van der Waals surface area contributed by atoms with Crippen molar-refractivity contribution in [2.24, 2.45) is 5.92 Å². The topological polar surface area (TPSA) is 81.4 Å². The fraction of sp³-hybridized carbons (Fsp3) is 0.478. The molecule has 1 aliphatic heterocycles. The smallest absolute Gasteiger partial charge is 0.272 e. The molecule has 0 aliphatic carbocycles. The van der Waals surface area contributed by atoms with Gasteiger partial charge in [-0.05, 0) is 30.9 Å². The SMILES string of the molecule is CC(C)Cc1nc(CCOC2CCN(C(=O)c3ccc4ccccc4n3)CC2)no1. The van der Waals surface area contributed by atoms with Crippen LogP contribution in [0.25, 0.3) is 10.9 Å². The molecule has 3 heterocycles. The lowest BCUT2D eigenvalue weighted by atomic mass is 10.1. The first-order chi connectivity index (χ1) is 14.6. The van der Waals surface area contributed by atoms with E-state index < -0.39 is 0 Å². The Morgan fingerprint density at radius 1 is 1.17 bits per heavy atom. The number of nitrogens with zero attached hydrogens (tertiary/aromatic N) is 4. The van der Waals surface area contributed by atoms with Crippen LogP contribution in [0, 0.1) is 5.92 Å². The number of amides is 1. The van der Waals surface area contributed by atoms with Gasteiger partial charge in [0.15, 0.2) is 5.82 Å². The lowest BCUT2D eigenvalue weighted by Crippen LogP contribution is -2.41. The summed E-state index contributed by atoms with van der Waals surface area (Å²) in [6.45, 7) is 6.17. The Hall–Kier alpha value is -2.80. The highest BCUT2D eigenvalue weighted by atomic mass is 16.5. The van der Waals surface area contributed by atoms with Crippen LogP contribution in [0.1, 0.15) is 48.9 Å². The number of hydrogen-bond donors (Lipinski definition) is 0. The number of ether oxygens (including phenoxy) is 1. The quantitative estimate of drug-likeness (QED) is 0.593. The minimum Gasteiger partial charge on any atom is -0.378 e. The van der Waals surface area contributed by atoms with Gasteiger partial charge in [0, 0.05) is 31.3 Å². The third-order valence-electron chi connectivity index (χ3n) is 5.32. The van der Waals surface area contributed by atoms with Gasteiger partial charge in [0.25, 0.3) is 5.91 Å². The maximum Gasteiger partial charge on any atom is 0.272 e. The summed E-state index contributed by atoms with van der Waals surface area (Å²) in [4.78, 5) is 23.6. The molecule has 1 amide bonds. The molecule has 3 aromatic rings. The largest absolute Gasteiger partial charge is 0.378 e. The molecule has 1 aromatic carbocycles. The molecular formula is C23H28N4O3. The highest BCUT2D eigenvalue weighted by molar-refractivity contribution is 5.94. The number of hydrogen-bond acceptors (Lipinski definition) is 6. The second-order valence-corrected chi connectivity index (χ2v) is 8.20. The standard InChI is InChI=1S/C23H28N4O3/c1-16(2)15-22-25-21(26-30-22)11-14-29-18-9-12-27(13-10-18)23(28)20-8-7-17-5-3-4-6-19(17)24-20/h3-8,16,18H,9-15H2,1-2H3. The predicted molar refractivity (Wildman–Crippen MR) is 113 cm³/mol. The summed E-state index contributed by atoms with van der Waals surface area (Å²) < 4.78 is 11.3. The zero-order valence-corrected chi connectivity index (χ0v) is 17.6. The maximum absolute atomic E-state index is 12.8. The Morgan fingerprint density at radius 3 is 2.77 bits per heavy atom. The molecule has 2 aromatic heterocycles. The third-order valence-corrected chi connectivity index (χ3v) is 5.32. The van der Waals surface area contributed by atoms with E-state index in [1.807, 2.05) is 41.3 Å². The van der Waals surface area contributed by atoms with Crippen LogP contribution in [0.5, 0.6) is 0 Å². The van der Waals surface area contributed by atoms with Crippen LogP contribution in [0.2, 0.25) is 0 Å². The van der Waals surface area contributed by atoms with Crippen molar-refractivity contribution in [2.45, 2.75) is 45.6 Å². The van der Waals surface area contributed by atoms with Gasteiger partial charge in [-0.15, -0.1) is 0 Å². The number of para-hydroxylation sites is 1. The van der Waals surface area contributed by atoms with Crippen molar-refractivity contribution in [2.75, 3.05) is 19.7 Å². The van der Waals surface area contributed by atoms with Crippen LogP contribution in [-0.2, 0) is 17.6 Å². The molecule has 0 atom stereocenters. The molecule has 0 spiro atoms. The van der Waals surface area contributed by atoms with Crippen LogP contribution >= 0.6 is 0 Å². The average molecular weight is 409 g/mol. The molecule has 0 saturated carbocycles. The molecule has 0 radical (unpaired) electrons. The van der Waals surface area contributed by atoms with E-state index in [1.165, 1.54) is 0 Å². The lowest BCUT2D eigenvalue weighted by Gasteiger charge is -2.31. The van der Waals surface area contributed by atoms with Gasteiger partial charge in [-0.25, -0.2) is 4.98 Å². The first kappa shape index (κ1) is 20.5. The van der Waals surface area contributed by atoms with Crippen molar-refractivity contribution in [3.8, 4) is 0 Å². The number of rotatable bonds is 7. The summed E-state index contributed by atoms with van der Waals surface area (Å²) in [6, 6.07) is 11.6. The van der Waals surface area contributed by atoms with Gasteiger partial charge >= 0.3 is 0 Å². The molecule has 0 unspecified atom stereocenters. The molecule has 7 heteroatoms. The van der Waals surface area contributed by atoms with Gasteiger partial charge in [0.1, 0.15) is 5.69 Å². The zero-order chi connectivity index (χ0) is 20.9. The number of likely N-dealkylation sites (tertiary alicyclic amines) is 1. The first-order valence-electron chi connectivity index (χ1n) is 10.7. The van der Waals surface area contributed by atoms with Gasteiger partial charge in [-0.1, -0.05) is 43.3 Å². The van der Waals surface area contributed by atoms with Crippen LogP contribution in [-0.4, -0.2) is 51.7 Å². The van der Waals surface area contributed by atoms with Crippen LogP contribution < -0.4 is 0 Å². The van der Waals surface area contributed by atoms with Crippen molar-refractivity contribution >= 4 is 16.8 Å². The molecule has 1 fully saturated rings.